The summed E-state index contributed by atoms with van der Waals surface area (Å²) in [5.74, 6) is -0.434. The number of halogens is 3. The van der Waals surface area contributed by atoms with Crippen LogP contribution < -0.4 is 4.74 Å². The number of alkyl halides is 3. The van der Waals surface area contributed by atoms with Crippen molar-refractivity contribution in [3.63, 3.8) is 0 Å². The van der Waals surface area contributed by atoms with Crippen molar-refractivity contribution in [1.82, 2.24) is 0 Å². The molecule has 1 rings (SSSR count). The third kappa shape index (κ3) is 5.21. The summed E-state index contributed by atoms with van der Waals surface area (Å²) in [6.07, 6.45) is 1.71. The van der Waals surface area contributed by atoms with E-state index in [4.69, 9.17) is 39.5 Å². The highest BCUT2D eigenvalue weighted by Gasteiger charge is 2.18. The van der Waals surface area contributed by atoms with Gasteiger partial charge in [-0.1, -0.05) is 40.9 Å². The van der Waals surface area contributed by atoms with E-state index >= 15 is 0 Å². The van der Waals surface area contributed by atoms with Gasteiger partial charge in [0.25, 0.3) is 0 Å². The fourth-order valence-electron chi connectivity index (χ4n) is 0.846. The quantitative estimate of drug-likeness (QED) is 0.471. The largest absolute Gasteiger partial charge is 0.412 e. The second kappa shape index (κ2) is 5.92. The first-order valence-corrected chi connectivity index (χ1v) is 6.39. The van der Waals surface area contributed by atoms with Crippen molar-refractivity contribution >= 4 is 52.1 Å². The molecule has 0 saturated heterocycles. The Morgan fingerprint density at radius 1 is 1.56 bits per heavy atom. The van der Waals surface area contributed by atoms with E-state index in [9.17, 15) is 4.79 Å². The normalized spacial score (nSPS) is 12.6. The molecule has 2 nitrogen and oxygen atoms in total. The Bertz CT molecular complexity index is 379. The van der Waals surface area contributed by atoms with Gasteiger partial charge in [0.2, 0.25) is 0 Å². The van der Waals surface area contributed by atoms with Crippen molar-refractivity contribution in [2.75, 3.05) is 0 Å². The van der Waals surface area contributed by atoms with Gasteiger partial charge < -0.3 is 4.74 Å². The van der Waals surface area contributed by atoms with Gasteiger partial charge in [0, 0.05) is 12.0 Å². The third-order valence-corrected chi connectivity index (χ3v) is 2.86. The van der Waals surface area contributed by atoms with Crippen LogP contribution in [0.4, 0.5) is 0 Å². The second-order valence-corrected chi connectivity index (χ2v) is 6.45. The number of thiophene rings is 1. The SMILES string of the molecule is CC(=CCC(Cl)(Cl)Cl)C(=O)Oc1cccs1. The molecule has 0 aliphatic heterocycles. The number of allylic oxidation sites excluding steroid dienone is 1. The molecule has 0 aliphatic rings. The molecule has 1 heterocycles. The topological polar surface area (TPSA) is 26.3 Å². The Kier molecular flexibility index (Phi) is 5.12. The minimum Gasteiger partial charge on any atom is -0.412 e. The third-order valence-electron chi connectivity index (χ3n) is 1.65. The molecular formula is C10H9Cl3O2S. The molecule has 0 bridgehead atoms. The highest BCUT2D eigenvalue weighted by molar-refractivity contribution is 7.11. The van der Waals surface area contributed by atoms with Crippen LogP contribution in [-0.2, 0) is 4.79 Å². The van der Waals surface area contributed by atoms with E-state index in [1.54, 1.807) is 25.1 Å². The fraction of sp³-hybridized carbons (Fsp3) is 0.300. The van der Waals surface area contributed by atoms with Crippen molar-refractivity contribution in [3.05, 3.63) is 29.2 Å². The first-order chi connectivity index (χ1) is 7.38. The van der Waals surface area contributed by atoms with Gasteiger partial charge in [0.05, 0.1) is 0 Å². The molecule has 1 aromatic rings. The average Bonchev–Trinajstić information content (AvgIpc) is 2.65. The van der Waals surface area contributed by atoms with E-state index in [1.807, 2.05) is 5.38 Å². The van der Waals surface area contributed by atoms with Crippen LogP contribution in [0.15, 0.2) is 29.2 Å². The number of carbonyl (C=O) groups excluding carboxylic acids is 1. The number of hydrogen-bond donors (Lipinski definition) is 0. The standard InChI is InChI=1S/C10H9Cl3O2S/c1-7(4-5-10(11,12)13)9(14)15-8-3-2-6-16-8/h2-4,6H,5H2,1H3. The van der Waals surface area contributed by atoms with Crippen LogP contribution in [0.1, 0.15) is 13.3 Å². The van der Waals surface area contributed by atoms with E-state index in [-0.39, 0.29) is 6.42 Å². The molecule has 0 radical (unpaired) electrons. The smallest absolute Gasteiger partial charge is 0.339 e. The fourth-order valence-corrected chi connectivity index (χ4v) is 1.65. The summed E-state index contributed by atoms with van der Waals surface area (Å²) in [4.78, 5) is 11.5. The van der Waals surface area contributed by atoms with Crippen LogP contribution in [0.25, 0.3) is 0 Å². The highest BCUT2D eigenvalue weighted by atomic mass is 35.6. The monoisotopic (exact) mass is 298 g/mol. The number of esters is 1. The second-order valence-electron chi connectivity index (χ2n) is 3.03. The predicted molar refractivity (Wildman–Crippen MR) is 68.6 cm³/mol. The van der Waals surface area contributed by atoms with Crippen LogP contribution in [0.2, 0.25) is 0 Å². The Balaban J connectivity index is 2.54. The van der Waals surface area contributed by atoms with Gasteiger partial charge in [-0.2, -0.15) is 0 Å². The van der Waals surface area contributed by atoms with Crippen molar-refractivity contribution < 1.29 is 9.53 Å². The molecule has 0 atom stereocenters. The van der Waals surface area contributed by atoms with Crippen LogP contribution >= 0.6 is 46.1 Å². The molecule has 0 aliphatic carbocycles. The Labute approximate surface area is 113 Å². The Morgan fingerprint density at radius 2 is 2.25 bits per heavy atom. The van der Waals surface area contributed by atoms with Crippen molar-refractivity contribution in [3.8, 4) is 5.06 Å². The van der Waals surface area contributed by atoms with Gasteiger partial charge in [0.1, 0.15) is 0 Å². The van der Waals surface area contributed by atoms with Crippen molar-refractivity contribution in [1.29, 1.82) is 0 Å². The molecule has 88 valence electrons. The van der Waals surface area contributed by atoms with Crippen LogP contribution in [0, 0.1) is 0 Å². The molecule has 0 N–H and O–H groups in total. The summed E-state index contributed by atoms with van der Waals surface area (Å²) in [6.45, 7) is 1.62. The van der Waals surface area contributed by atoms with Crippen molar-refractivity contribution in [2.45, 2.75) is 17.1 Å². The predicted octanol–water partition coefficient (Wildman–Crippen LogP) is 4.36. The van der Waals surface area contributed by atoms with Gasteiger partial charge >= 0.3 is 5.97 Å². The number of hydrogen-bond acceptors (Lipinski definition) is 3. The molecule has 0 amide bonds. The lowest BCUT2D eigenvalue weighted by atomic mass is 10.2. The van der Waals surface area contributed by atoms with E-state index < -0.39 is 9.76 Å². The number of ether oxygens (including phenoxy) is 1. The van der Waals surface area contributed by atoms with E-state index in [1.165, 1.54) is 11.3 Å². The summed E-state index contributed by atoms with van der Waals surface area (Å²) < 4.78 is 3.68. The molecule has 0 unspecified atom stereocenters. The van der Waals surface area contributed by atoms with Crippen molar-refractivity contribution in [2.24, 2.45) is 0 Å². The minimum atomic E-state index is -1.38. The summed E-state index contributed by atoms with van der Waals surface area (Å²) >= 11 is 18.0. The summed E-state index contributed by atoms with van der Waals surface area (Å²) in [6, 6.07) is 3.51. The zero-order chi connectivity index (χ0) is 12.2. The van der Waals surface area contributed by atoms with Gasteiger partial charge in [-0.3, -0.25) is 0 Å². The van der Waals surface area contributed by atoms with E-state index in [0.717, 1.165) is 0 Å². The van der Waals surface area contributed by atoms with Crippen LogP contribution in [-0.4, -0.2) is 9.76 Å². The molecule has 1 aromatic heterocycles. The molecular weight excluding hydrogens is 291 g/mol. The lowest BCUT2D eigenvalue weighted by Crippen LogP contribution is -2.09. The molecule has 0 fully saturated rings. The summed E-state index contributed by atoms with van der Waals surface area (Å²) in [5, 5.41) is 2.37. The summed E-state index contributed by atoms with van der Waals surface area (Å²) in [5.41, 5.74) is 0.416. The number of carbonyl (C=O) groups is 1. The van der Waals surface area contributed by atoms with Gasteiger partial charge in [0.15, 0.2) is 8.86 Å². The molecule has 0 saturated carbocycles. The zero-order valence-electron chi connectivity index (χ0n) is 8.38. The lowest BCUT2D eigenvalue weighted by Gasteiger charge is -2.07. The Morgan fingerprint density at radius 3 is 2.75 bits per heavy atom. The van der Waals surface area contributed by atoms with Gasteiger partial charge in [-0.25, -0.2) is 4.79 Å². The maximum absolute atomic E-state index is 11.5. The maximum Gasteiger partial charge on any atom is 0.339 e. The number of rotatable bonds is 3. The first-order valence-electron chi connectivity index (χ1n) is 4.37. The highest BCUT2D eigenvalue weighted by Crippen LogP contribution is 2.30. The summed E-state index contributed by atoms with van der Waals surface area (Å²) in [7, 11) is 0. The zero-order valence-corrected chi connectivity index (χ0v) is 11.5. The average molecular weight is 300 g/mol. The molecule has 6 heteroatoms. The maximum atomic E-state index is 11.5. The molecule has 0 spiro atoms. The molecule has 16 heavy (non-hydrogen) atoms. The van der Waals surface area contributed by atoms with Crippen LogP contribution in [0.5, 0.6) is 5.06 Å². The van der Waals surface area contributed by atoms with E-state index in [2.05, 4.69) is 0 Å². The minimum absolute atomic E-state index is 0.170. The first kappa shape index (κ1) is 13.8. The molecule has 0 aromatic carbocycles. The lowest BCUT2D eigenvalue weighted by molar-refractivity contribution is -0.129. The van der Waals surface area contributed by atoms with E-state index in [0.29, 0.717) is 10.6 Å². The van der Waals surface area contributed by atoms with Crippen LogP contribution in [0.3, 0.4) is 0 Å². The van der Waals surface area contributed by atoms with Gasteiger partial charge in [-0.15, -0.1) is 11.3 Å². The van der Waals surface area contributed by atoms with Gasteiger partial charge in [-0.05, 0) is 24.4 Å². The Hall–Kier alpha value is -0.220.